The first kappa shape index (κ1) is 18.3. The number of aromatic nitrogens is 1. The smallest absolute Gasteiger partial charge is 0.355 e. The van der Waals surface area contributed by atoms with Crippen LogP contribution in [0.3, 0.4) is 0 Å². The van der Waals surface area contributed by atoms with Crippen molar-refractivity contribution in [3.8, 4) is 11.8 Å². The van der Waals surface area contributed by atoms with E-state index in [1.165, 1.54) is 14.2 Å². The lowest BCUT2D eigenvalue weighted by atomic mass is 9.98. The van der Waals surface area contributed by atoms with Gasteiger partial charge in [-0.1, -0.05) is 31.2 Å². The van der Waals surface area contributed by atoms with Crippen LogP contribution < -0.4 is 0 Å². The third-order valence-electron chi connectivity index (χ3n) is 4.51. The predicted octanol–water partition coefficient (Wildman–Crippen LogP) is 3.35. The monoisotopic (exact) mass is 366 g/mol. The van der Waals surface area contributed by atoms with Gasteiger partial charge >= 0.3 is 11.9 Å². The Labute approximate surface area is 155 Å². The molecular formula is C20H18N2O5. The summed E-state index contributed by atoms with van der Waals surface area (Å²) in [5, 5.41) is 21.6. The molecular weight excluding hydrogens is 348 g/mol. The normalized spacial score (nSPS) is 10.7. The first-order chi connectivity index (χ1) is 13.0. The number of benzene rings is 2. The van der Waals surface area contributed by atoms with Crippen molar-refractivity contribution in [2.24, 2.45) is 0 Å². The Morgan fingerprint density at radius 3 is 2.33 bits per heavy atom. The molecule has 0 aliphatic rings. The molecule has 1 heterocycles. The molecule has 7 nitrogen and oxygen atoms in total. The lowest BCUT2D eigenvalue weighted by molar-refractivity contribution is 0.0548. The number of phenols is 1. The van der Waals surface area contributed by atoms with Crippen LogP contribution in [-0.4, -0.2) is 35.8 Å². The Kier molecular flexibility index (Phi) is 4.74. The van der Waals surface area contributed by atoms with Gasteiger partial charge in [0, 0.05) is 22.7 Å². The van der Waals surface area contributed by atoms with Crippen molar-refractivity contribution in [2.45, 2.75) is 19.9 Å². The molecule has 0 amide bonds. The van der Waals surface area contributed by atoms with Crippen LogP contribution in [0, 0.1) is 11.3 Å². The van der Waals surface area contributed by atoms with Crippen LogP contribution in [0.5, 0.6) is 5.75 Å². The van der Waals surface area contributed by atoms with E-state index in [1.54, 1.807) is 28.8 Å². The fourth-order valence-electron chi connectivity index (χ4n) is 3.46. The molecule has 1 N–H and O–H groups in total. The number of nitrogens with zero attached hydrogens (tertiary/aromatic N) is 2. The molecule has 2 aromatic carbocycles. The number of aryl methyl sites for hydroxylation is 1. The lowest BCUT2D eigenvalue weighted by Gasteiger charge is -2.11. The van der Waals surface area contributed by atoms with Crippen molar-refractivity contribution in [3.05, 3.63) is 41.1 Å². The molecule has 0 atom stereocenters. The van der Waals surface area contributed by atoms with Gasteiger partial charge in [0.05, 0.1) is 19.7 Å². The van der Waals surface area contributed by atoms with Gasteiger partial charge in [-0.25, -0.2) is 9.59 Å². The summed E-state index contributed by atoms with van der Waals surface area (Å²) in [7, 11) is 2.41. The van der Waals surface area contributed by atoms with Gasteiger partial charge in [0.15, 0.2) is 0 Å². The van der Waals surface area contributed by atoms with Crippen molar-refractivity contribution in [2.75, 3.05) is 14.2 Å². The van der Waals surface area contributed by atoms with Crippen LogP contribution in [0.4, 0.5) is 0 Å². The van der Waals surface area contributed by atoms with Crippen molar-refractivity contribution in [1.29, 1.82) is 5.26 Å². The van der Waals surface area contributed by atoms with E-state index in [4.69, 9.17) is 9.47 Å². The van der Waals surface area contributed by atoms with Gasteiger partial charge in [-0.3, -0.25) is 0 Å². The minimum Gasteiger partial charge on any atom is -0.506 e. The minimum absolute atomic E-state index is 0.00783. The fourth-order valence-corrected chi connectivity index (χ4v) is 3.46. The van der Waals surface area contributed by atoms with Gasteiger partial charge in [0.25, 0.3) is 0 Å². The molecule has 0 spiro atoms. The van der Waals surface area contributed by atoms with Gasteiger partial charge in [-0.2, -0.15) is 5.26 Å². The number of ether oxygens (including phenoxy) is 2. The molecule has 0 fully saturated rings. The molecule has 1 aromatic heterocycles. The lowest BCUT2D eigenvalue weighted by Crippen LogP contribution is -2.15. The summed E-state index contributed by atoms with van der Waals surface area (Å²) in [6, 6.07) is 8.95. The molecule has 0 saturated carbocycles. The molecule has 0 aliphatic heterocycles. The summed E-state index contributed by atoms with van der Waals surface area (Å²) in [6.07, 6.45) is 0.672. The number of carbonyl (C=O) groups excluding carboxylic acids is 2. The standard InChI is InChI=1S/C20H18N2O5/c1-4-9-22-16-11-7-5-6-8-12(11)18(23)13(10-21)14(16)15(19(24)26-2)17(22)20(25)27-3/h5-8,23H,4,9H2,1-3H3. The zero-order valence-electron chi connectivity index (χ0n) is 15.2. The van der Waals surface area contributed by atoms with E-state index >= 15 is 0 Å². The highest BCUT2D eigenvalue weighted by molar-refractivity contribution is 6.22. The van der Waals surface area contributed by atoms with Gasteiger partial charge in [0.1, 0.15) is 28.6 Å². The molecule has 3 aromatic rings. The topological polar surface area (TPSA) is 102 Å². The number of methoxy groups -OCH3 is 2. The zero-order valence-corrected chi connectivity index (χ0v) is 15.2. The second kappa shape index (κ2) is 7.00. The number of carbonyl (C=O) groups is 2. The van der Waals surface area contributed by atoms with E-state index in [9.17, 15) is 20.0 Å². The van der Waals surface area contributed by atoms with Crippen LogP contribution in [0.2, 0.25) is 0 Å². The number of nitriles is 1. The number of rotatable bonds is 4. The average molecular weight is 366 g/mol. The molecule has 3 rings (SSSR count). The maximum atomic E-state index is 12.6. The maximum absolute atomic E-state index is 12.6. The molecule has 0 saturated heterocycles. The summed E-state index contributed by atoms with van der Waals surface area (Å²) in [5.74, 6) is -1.73. The third kappa shape index (κ3) is 2.57. The zero-order chi connectivity index (χ0) is 19.7. The SMILES string of the molecule is CCCn1c(C(=O)OC)c(C(=O)OC)c2c(C#N)c(O)c3ccccc3c21. The molecule has 0 unspecified atom stereocenters. The highest BCUT2D eigenvalue weighted by Crippen LogP contribution is 2.41. The molecule has 27 heavy (non-hydrogen) atoms. The number of esters is 2. The van der Waals surface area contributed by atoms with E-state index in [1.807, 2.05) is 13.0 Å². The number of hydrogen-bond donors (Lipinski definition) is 1. The second-order valence-electron chi connectivity index (χ2n) is 5.96. The average Bonchev–Trinajstić information content (AvgIpc) is 3.02. The number of fused-ring (bicyclic) bond motifs is 3. The Hall–Kier alpha value is -3.53. The second-order valence-corrected chi connectivity index (χ2v) is 5.96. The van der Waals surface area contributed by atoms with Gasteiger partial charge in [-0.05, 0) is 6.42 Å². The Morgan fingerprint density at radius 1 is 1.15 bits per heavy atom. The van der Waals surface area contributed by atoms with Gasteiger partial charge in [0.2, 0.25) is 0 Å². The summed E-state index contributed by atoms with van der Waals surface area (Å²) in [5.41, 5.74) is 0.366. The molecule has 138 valence electrons. The first-order valence-corrected chi connectivity index (χ1v) is 8.38. The highest BCUT2D eigenvalue weighted by atomic mass is 16.5. The van der Waals surface area contributed by atoms with Crippen LogP contribution >= 0.6 is 0 Å². The van der Waals surface area contributed by atoms with Crippen molar-refractivity contribution in [3.63, 3.8) is 0 Å². The number of hydrogen-bond acceptors (Lipinski definition) is 6. The molecule has 0 aliphatic carbocycles. The summed E-state index contributed by atoms with van der Waals surface area (Å²) in [6.45, 7) is 2.34. The van der Waals surface area contributed by atoms with E-state index in [2.05, 4.69) is 0 Å². The van der Waals surface area contributed by atoms with Gasteiger partial charge in [-0.15, -0.1) is 0 Å². The van der Waals surface area contributed by atoms with Crippen LogP contribution in [-0.2, 0) is 16.0 Å². The Morgan fingerprint density at radius 2 is 1.78 bits per heavy atom. The van der Waals surface area contributed by atoms with E-state index < -0.39 is 11.9 Å². The summed E-state index contributed by atoms with van der Waals surface area (Å²) >= 11 is 0. The van der Waals surface area contributed by atoms with Crippen molar-refractivity contribution >= 4 is 33.6 Å². The van der Waals surface area contributed by atoms with Crippen molar-refractivity contribution < 1.29 is 24.2 Å². The van der Waals surface area contributed by atoms with Crippen LogP contribution in [0.1, 0.15) is 39.8 Å². The number of phenolic OH excluding ortho intramolecular Hbond substituents is 1. The van der Waals surface area contributed by atoms with Crippen molar-refractivity contribution in [1.82, 2.24) is 4.57 Å². The van der Waals surface area contributed by atoms with E-state index in [-0.39, 0.29) is 28.0 Å². The molecule has 0 bridgehead atoms. The Bertz CT molecular complexity index is 1120. The Balaban J connectivity index is 2.71. The largest absolute Gasteiger partial charge is 0.506 e. The minimum atomic E-state index is -0.776. The predicted molar refractivity (Wildman–Crippen MR) is 98.8 cm³/mol. The first-order valence-electron chi connectivity index (χ1n) is 8.38. The fraction of sp³-hybridized carbons (Fsp3) is 0.250. The highest BCUT2D eigenvalue weighted by Gasteiger charge is 2.32. The maximum Gasteiger partial charge on any atom is 0.355 e. The number of aromatic hydroxyl groups is 1. The van der Waals surface area contributed by atoms with Crippen LogP contribution in [0.15, 0.2) is 24.3 Å². The van der Waals surface area contributed by atoms with Crippen LogP contribution in [0.25, 0.3) is 21.7 Å². The van der Waals surface area contributed by atoms with E-state index in [0.29, 0.717) is 29.3 Å². The molecule has 0 radical (unpaired) electrons. The quantitative estimate of drug-likeness (QED) is 0.711. The summed E-state index contributed by atoms with van der Waals surface area (Å²) in [4.78, 5) is 25.1. The molecule has 7 heteroatoms. The van der Waals surface area contributed by atoms with Gasteiger partial charge < -0.3 is 19.1 Å². The third-order valence-corrected chi connectivity index (χ3v) is 4.51. The van der Waals surface area contributed by atoms with E-state index in [0.717, 1.165) is 0 Å². The summed E-state index contributed by atoms with van der Waals surface area (Å²) < 4.78 is 11.4.